The predicted molar refractivity (Wildman–Crippen MR) is 69.7 cm³/mol. The number of hydrogen-bond acceptors (Lipinski definition) is 5. The average molecular weight is 267 g/mol. The van der Waals surface area contributed by atoms with E-state index in [9.17, 15) is 14.4 Å². The molecule has 0 bridgehead atoms. The molecular formula is C15H9NO4. The molecule has 20 heavy (non-hydrogen) atoms. The smallest absolute Gasteiger partial charge is 0.338 e. The lowest BCUT2D eigenvalue weighted by Crippen LogP contribution is -2.25. The Morgan fingerprint density at radius 2 is 1.75 bits per heavy atom. The van der Waals surface area contributed by atoms with Crippen molar-refractivity contribution in [3.63, 3.8) is 0 Å². The number of aromatic nitrogens is 1. The lowest BCUT2D eigenvalue weighted by molar-refractivity contribution is 0.0597. The lowest BCUT2D eigenvalue weighted by Gasteiger charge is -2.18. The van der Waals surface area contributed by atoms with Crippen molar-refractivity contribution in [1.29, 1.82) is 0 Å². The van der Waals surface area contributed by atoms with E-state index in [0.29, 0.717) is 16.8 Å². The van der Waals surface area contributed by atoms with Gasteiger partial charge in [0, 0.05) is 17.3 Å². The van der Waals surface area contributed by atoms with Gasteiger partial charge in [-0.3, -0.25) is 14.6 Å². The number of carbonyl (C=O) groups is 3. The number of hydrogen-bond donors (Lipinski definition) is 0. The van der Waals surface area contributed by atoms with Crippen LogP contribution in [0.5, 0.6) is 0 Å². The van der Waals surface area contributed by atoms with Gasteiger partial charge in [0.25, 0.3) is 0 Å². The second-order valence-electron chi connectivity index (χ2n) is 4.28. The quantitative estimate of drug-likeness (QED) is 0.583. The van der Waals surface area contributed by atoms with Gasteiger partial charge in [-0.1, -0.05) is 24.3 Å². The van der Waals surface area contributed by atoms with Gasteiger partial charge < -0.3 is 4.74 Å². The summed E-state index contributed by atoms with van der Waals surface area (Å²) in [7, 11) is 1.22. The molecule has 98 valence electrons. The van der Waals surface area contributed by atoms with Gasteiger partial charge in [0.05, 0.1) is 23.9 Å². The molecule has 1 aliphatic carbocycles. The van der Waals surface area contributed by atoms with E-state index in [1.54, 1.807) is 24.3 Å². The zero-order chi connectivity index (χ0) is 14.3. The second-order valence-corrected chi connectivity index (χ2v) is 4.28. The van der Waals surface area contributed by atoms with Crippen molar-refractivity contribution < 1.29 is 19.1 Å². The van der Waals surface area contributed by atoms with Crippen molar-refractivity contribution in [3.8, 4) is 11.3 Å². The summed E-state index contributed by atoms with van der Waals surface area (Å²) >= 11 is 0. The number of ether oxygens (including phenoxy) is 1. The first-order valence-electron chi connectivity index (χ1n) is 5.91. The van der Waals surface area contributed by atoms with Crippen molar-refractivity contribution >= 4 is 17.5 Å². The molecule has 5 heteroatoms. The summed E-state index contributed by atoms with van der Waals surface area (Å²) < 4.78 is 4.64. The molecule has 0 amide bonds. The standard InChI is InChI=1S/C15H9NO4/c1-20-15(19)10-6-7-16-12-8-4-2-3-5-9(8)13(17)14(18)11(10)12/h2-7H,1H3. The molecule has 0 spiro atoms. The molecule has 1 aromatic carbocycles. The fourth-order valence-electron chi connectivity index (χ4n) is 2.30. The Morgan fingerprint density at radius 3 is 2.45 bits per heavy atom. The third kappa shape index (κ3) is 1.56. The molecule has 1 aliphatic rings. The Hall–Kier alpha value is -2.82. The van der Waals surface area contributed by atoms with Gasteiger partial charge in [0.2, 0.25) is 11.6 Å². The van der Waals surface area contributed by atoms with Crippen LogP contribution in [0.3, 0.4) is 0 Å². The van der Waals surface area contributed by atoms with Crippen molar-refractivity contribution in [2.75, 3.05) is 7.11 Å². The molecule has 0 radical (unpaired) electrons. The molecule has 0 atom stereocenters. The summed E-state index contributed by atoms with van der Waals surface area (Å²) in [6.45, 7) is 0. The molecule has 1 heterocycles. The summed E-state index contributed by atoms with van der Waals surface area (Å²) in [5, 5.41) is 0. The summed E-state index contributed by atoms with van der Waals surface area (Å²) in [4.78, 5) is 40.2. The fourth-order valence-corrected chi connectivity index (χ4v) is 2.30. The number of Topliss-reactive ketones (excluding diaryl/α,β-unsaturated/α-hetero) is 2. The van der Waals surface area contributed by atoms with Gasteiger partial charge in [-0.15, -0.1) is 0 Å². The molecule has 1 aromatic heterocycles. The predicted octanol–water partition coefficient (Wildman–Crippen LogP) is 1.91. The Balaban J connectivity index is 2.37. The van der Waals surface area contributed by atoms with E-state index < -0.39 is 17.5 Å². The maximum Gasteiger partial charge on any atom is 0.338 e. The molecule has 0 fully saturated rings. The number of pyridine rings is 1. The zero-order valence-electron chi connectivity index (χ0n) is 10.5. The molecule has 0 saturated heterocycles. The van der Waals surface area contributed by atoms with Gasteiger partial charge >= 0.3 is 5.97 Å². The SMILES string of the molecule is COC(=O)c1ccnc2c1C(=O)C(=O)c1ccccc1-2. The van der Waals surface area contributed by atoms with Crippen LogP contribution in [0.25, 0.3) is 11.3 Å². The number of esters is 1. The summed E-state index contributed by atoms with van der Waals surface area (Å²) in [5.41, 5.74) is 1.28. The molecule has 0 saturated carbocycles. The second kappa shape index (κ2) is 4.38. The van der Waals surface area contributed by atoms with Gasteiger partial charge in [0.1, 0.15) is 0 Å². The maximum atomic E-state index is 12.2. The van der Waals surface area contributed by atoms with E-state index in [4.69, 9.17) is 0 Å². The van der Waals surface area contributed by atoms with Crippen LogP contribution in [0.1, 0.15) is 31.1 Å². The summed E-state index contributed by atoms with van der Waals surface area (Å²) in [6.07, 6.45) is 1.42. The fraction of sp³-hybridized carbons (Fsp3) is 0.0667. The number of methoxy groups -OCH3 is 1. The molecule has 0 aliphatic heterocycles. The molecule has 2 aromatic rings. The highest BCUT2D eigenvalue weighted by molar-refractivity contribution is 6.53. The van der Waals surface area contributed by atoms with Crippen LogP contribution in [0.15, 0.2) is 36.5 Å². The van der Waals surface area contributed by atoms with Gasteiger partial charge in [0.15, 0.2) is 0 Å². The number of carbonyl (C=O) groups excluding carboxylic acids is 3. The van der Waals surface area contributed by atoms with Crippen molar-refractivity contribution in [3.05, 3.63) is 53.2 Å². The highest BCUT2D eigenvalue weighted by atomic mass is 16.5. The Labute approximate surface area is 114 Å². The van der Waals surface area contributed by atoms with Gasteiger partial charge in [-0.05, 0) is 6.07 Å². The first-order chi connectivity index (χ1) is 9.65. The van der Waals surface area contributed by atoms with E-state index in [1.165, 1.54) is 19.4 Å². The van der Waals surface area contributed by atoms with Crippen LogP contribution in [-0.2, 0) is 4.74 Å². The third-order valence-electron chi connectivity index (χ3n) is 3.22. The Bertz CT molecular complexity index is 764. The van der Waals surface area contributed by atoms with E-state index in [2.05, 4.69) is 9.72 Å². The molecule has 3 rings (SSSR count). The van der Waals surface area contributed by atoms with E-state index >= 15 is 0 Å². The largest absolute Gasteiger partial charge is 0.465 e. The number of benzene rings is 1. The van der Waals surface area contributed by atoms with Crippen LogP contribution < -0.4 is 0 Å². The van der Waals surface area contributed by atoms with E-state index in [1.807, 2.05) is 0 Å². The van der Waals surface area contributed by atoms with E-state index in [-0.39, 0.29) is 11.1 Å². The monoisotopic (exact) mass is 267 g/mol. The van der Waals surface area contributed by atoms with Crippen LogP contribution in [0.2, 0.25) is 0 Å². The maximum absolute atomic E-state index is 12.2. The van der Waals surface area contributed by atoms with Crippen molar-refractivity contribution in [2.45, 2.75) is 0 Å². The van der Waals surface area contributed by atoms with Crippen molar-refractivity contribution in [2.24, 2.45) is 0 Å². The third-order valence-corrected chi connectivity index (χ3v) is 3.22. The summed E-state index contributed by atoms with van der Waals surface area (Å²) in [5.74, 6) is -2.03. The Kier molecular flexibility index (Phi) is 2.68. The number of fused-ring (bicyclic) bond motifs is 3. The first kappa shape index (κ1) is 12.2. The minimum Gasteiger partial charge on any atom is -0.465 e. The minimum atomic E-state index is -0.729. The van der Waals surface area contributed by atoms with Crippen LogP contribution in [0.4, 0.5) is 0 Å². The minimum absolute atomic E-state index is 0.0167. The Morgan fingerprint density at radius 1 is 1.05 bits per heavy atom. The molecule has 0 unspecified atom stereocenters. The van der Waals surface area contributed by atoms with Crippen LogP contribution >= 0.6 is 0 Å². The first-order valence-corrected chi connectivity index (χ1v) is 5.91. The number of rotatable bonds is 1. The molecular weight excluding hydrogens is 258 g/mol. The summed E-state index contributed by atoms with van der Waals surface area (Å²) in [6, 6.07) is 8.08. The van der Waals surface area contributed by atoms with Gasteiger partial charge in [-0.25, -0.2) is 4.79 Å². The number of ketones is 2. The highest BCUT2D eigenvalue weighted by Gasteiger charge is 2.34. The zero-order valence-corrected chi connectivity index (χ0v) is 10.5. The number of nitrogens with zero attached hydrogens (tertiary/aromatic N) is 1. The topological polar surface area (TPSA) is 73.3 Å². The normalized spacial score (nSPS) is 12.7. The molecule has 5 nitrogen and oxygen atoms in total. The van der Waals surface area contributed by atoms with Crippen molar-refractivity contribution in [1.82, 2.24) is 4.98 Å². The van der Waals surface area contributed by atoms with Gasteiger partial charge in [-0.2, -0.15) is 0 Å². The molecule has 0 N–H and O–H groups in total. The van der Waals surface area contributed by atoms with Crippen LogP contribution in [0, 0.1) is 0 Å². The average Bonchev–Trinajstić information content (AvgIpc) is 2.51. The lowest BCUT2D eigenvalue weighted by atomic mass is 9.85. The van der Waals surface area contributed by atoms with Crippen LogP contribution in [-0.4, -0.2) is 29.6 Å². The van der Waals surface area contributed by atoms with E-state index in [0.717, 1.165) is 0 Å². The highest BCUT2D eigenvalue weighted by Crippen LogP contribution is 2.33.